The van der Waals surface area contributed by atoms with Crippen molar-refractivity contribution in [2.75, 3.05) is 13.2 Å². The molecule has 1 fully saturated rings. The van der Waals surface area contributed by atoms with Crippen LogP contribution in [-0.4, -0.2) is 25.2 Å². The van der Waals surface area contributed by atoms with Crippen molar-refractivity contribution < 1.29 is 13.9 Å². The summed E-state index contributed by atoms with van der Waals surface area (Å²) in [6.45, 7) is 3.22. The van der Waals surface area contributed by atoms with Crippen LogP contribution >= 0.6 is 15.9 Å². The number of carbonyl (C=O) groups is 1. The van der Waals surface area contributed by atoms with Gasteiger partial charge >= 0.3 is 0 Å². The first-order valence-electron chi connectivity index (χ1n) is 9.34. The van der Waals surface area contributed by atoms with Gasteiger partial charge in [-0.15, -0.1) is 0 Å². The maximum Gasteiger partial charge on any atom is 0.256 e. The highest BCUT2D eigenvalue weighted by Gasteiger charge is 2.18. The zero-order valence-corrected chi connectivity index (χ0v) is 17.2. The van der Waals surface area contributed by atoms with Gasteiger partial charge in [0.05, 0.1) is 11.8 Å². The van der Waals surface area contributed by atoms with Gasteiger partial charge < -0.3 is 14.5 Å². The molecule has 28 heavy (non-hydrogen) atoms. The van der Waals surface area contributed by atoms with Gasteiger partial charge in [0.15, 0.2) is 0 Å². The molecule has 0 unspecified atom stereocenters. The number of hydrogen-bond acceptors (Lipinski definition) is 4. The second-order valence-corrected chi connectivity index (χ2v) is 7.81. The molecule has 1 amide bonds. The van der Waals surface area contributed by atoms with Crippen LogP contribution in [0.3, 0.4) is 0 Å². The van der Waals surface area contributed by atoms with E-state index in [9.17, 15) is 4.79 Å². The summed E-state index contributed by atoms with van der Waals surface area (Å²) in [7, 11) is 0. The molecule has 1 saturated heterocycles. The van der Waals surface area contributed by atoms with E-state index in [1.165, 1.54) is 0 Å². The number of benzene rings is 2. The van der Waals surface area contributed by atoms with Crippen LogP contribution in [-0.2, 0) is 4.74 Å². The minimum atomic E-state index is -0.214. The molecule has 6 heteroatoms. The fourth-order valence-corrected chi connectivity index (χ4v) is 3.63. The summed E-state index contributed by atoms with van der Waals surface area (Å²) in [5.74, 6) is -0.214. The fourth-order valence-electron chi connectivity index (χ4n) is 3.25. The number of nitrogens with one attached hydrogen (secondary N) is 1. The highest BCUT2D eigenvalue weighted by Crippen LogP contribution is 2.21. The van der Waals surface area contributed by atoms with Crippen molar-refractivity contribution in [1.29, 1.82) is 0 Å². The Labute approximate surface area is 171 Å². The van der Waals surface area contributed by atoms with Gasteiger partial charge in [0.2, 0.25) is 5.55 Å². The standard InChI is InChI=1S/C22H21BrN2O3/c1-14-5-2-3-7-19(14)25-22-18(21(26)24-13-17-6-4-10-27-17)12-15-11-16(23)8-9-20(15)28-22/h2-3,5,7-9,11-12,17H,4,6,10,13H2,1H3,(H,24,26)/t17-/m0/s1. The molecular formula is C22H21BrN2O3. The maximum atomic E-state index is 12.9. The van der Waals surface area contributed by atoms with E-state index >= 15 is 0 Å². The van der Waals surface area contributed by atoms with Crippen LogP contribution in [0.15, 0.2) is 62.4 Å². The summed E-state index contributed by atoms with van der Waals surface area (Å²) >= 11 is 3.47. The highest BCUT2D eigenvalue weighted by molar-refractivity contribution is 9.10. The van der Waals surface area contributed by atoms with Gasteiger partial charge in [-0.1, -0.05) is 34.1 Å². The van der Waals surface area contributed by atoms with Crippen molar-refractivity contribution >= 4 is 38.5 Å². The lowest BCUT2D eigenvalue weighted by Gasteiger charge is -2.11. The van der Waals surface area contributed by atoms with Gasteiger partial charge in [-0.3, -0.25) is 4.79 Å². The Morgan fingerprint density at radius 1 is 1.25 bits per heavy atom. The third-order valence-corrected chi connectivity index (χ3v) is 5.30. The summed E-state index contributed by atoms with van der Waals surface area (Å²) < 4.78 is 12.5. The molecule has 1 aromatic heterocycles. The van der Waals surface area contributed by atoms with Gasteiger partial charge in [0.25, 0.3) is 5.91 Å². The van der Waals surface area contributed by atoms with Gasteiger partial charge in [-0.2, -0.15) is 0 Å². The minimum absolute atomic E-state index is 0.0762. The number of hydrogen-bond donors (Lipinski definition) is 1. The first-order chi connectivity index (χ1) is 13.6. The first-order valence-corrected chi connectivity index (χ1v) is 10.1. The molecule has 0 saturated carbocycles. The topological polar surface area (TPSA) is 63.8 Å². The third-order valence-electron chi connectivity index (χ3n) is 4.81. The molecule has 4 rings (SSSR count). The van der Waals surface area contributed by atoms with E-state index in [0.29, 0.717) is 23.2 Å². The molecule has 0 bridgehead atoms. The van der Waals surface area contributed by atoms with Crippen molar-refractivity contribution in [3.63, 3.8) is 0 Å². The van der Waals surface area contributed by atoms with E-state index in [1.54, 1.807) is 0 Å². The predicted molar refractivity (Wildman–Crippen MR) is 112 cm³/mol. The number of aryl methyl sites for hydroxylation is 1. The summed E-state index contributed by atoms with van der Waals surface area (Å²) in [5.41, 5.74) is 3.17. The number of rotatable bonds is 4. The molecule has 1 N–H and O–H groups in total. The Morgan fingerprint density at radius 3 is 2.89 bits per heavy atom. The summed E-state index contributed by atoms with van der Waals surface area (Å²) in [4.78, 5) is 17.6. The number of ether oxygens (including phenoxy) is 1. The lowest BCUT2D eigenvalue weighted by molar-refractivity contribution is 0.0854. The molecule has 0 aliphatic carbocycles. The molecule has 0 spiro atoms. The van der Waals surface area contributed by atoms with E-state index in [-0.39, 0.29) is 12.0 Å². The quantitative estimate of drug-likeness (QED) is 0.642. The first kappa shape index (κ1) is 18.9. The predicted octanol–water partition coefficient (Wildman–Crippen LogP) is 4.64. The zero-order chi connectivity index (χ0) is 19.5. The molecule has 144 valence electrons. The van der Waals surface area contributed by atoms with Crippen molar-refractivity contribution in [3.05, 3.63) is 69.7 Å². The normalized spacial score (nSPS) is 17.2. The average Bonchev–Trinajstić information content (AvgIpc) is 3.21. The molecule has 0 radical (unpaired) electrons. The Morgan fingerprint density at radius 2 is 2.11 bits per heavy atom. The van der Waals surface area contributed by atoms with E-state index in [1.807, 2.05) is 55.5 Å². The smallest absolute Gasteiger partial charge is 0.256 e. The monoisotopic (exact) mass is 440 g/mol. The lowest BCUT2D eigenvalue weighted by Crippen LogP contribution is -2.34. The van der Waals surface area contributed by atoms with E-state index in [0.717, 1.165) is 40.6 Å². The molecular weight excluding hydrogens is 420 g/mol. The molecule has 1 aliphatic heterocycles. The molecule has 1 atom stereocenters. The molecule has 3 aromatic rings. The van der Waals surface area contributed by atoms with Crippen LogP contribution in [0, 0.1) is 6.92 Å². The maximum absolute atomic E-state index is 12.9. The molecule has 2 heterocycles. The number of fused-ring (bicyclic) bond motifs is 1. The number of amides is 1. The van der Waals surface area contributed by atoms with Gasteiger partial charge in [0, 0.05) is 23.0 Å². The van der Waals surface area contributed by atoms with Crippen LogP contribution < -0.4 is 10.9 Å². The number of carbonyl (C=O) groups excluding carboxylic acids is 1. The van der Waals surface area contributed by atoms with Crippen LogP contribution in [0.1, 0.15) is 28.8 Å². The molecule has 1 aliphatic rings. The number of nitrogens with zero attached hydrogens (tertiary/aromatic N) is 1. The van der Waals surface area contributed by atoms with Crippen molar-refractivity contribution in [2.24, 2.45) is 4.99 Å². The Kier molecular flexibility index (Phi) is 5.59. The van der Waals surface area contributed by atoms with Gasteiger partial charge in [-0.25, -0.2) is 4.99 Å². The minimum Gasteiger partial charge on any atom is -0.438 e. The van der Waals surface area contributed by atoms with E-state index in [2.05, 4.69) is 26.2 Å². The second-order valence-electron chi connectivity index (χ2n) is 6.89. The summed E-state index contributed by atoms with van der Waals surface area (Å²) in [6, 6.07) is 15.3. The Bertz CT molecular complexity index is 1080. The van der Waals surface area contributed by atoms with Crippen LogP contribution in [0.4, 0.5) is 5.69 Å². The van der Waals surface area contributed by atoms with E-state index in [4.69, 9.17) is 9.15 Å². The summed E-state index contributed by atoms with van der Waals surface area (Å²) in [5, 5.41) is 3.80. The second kappa shape index (κ2) is 8.29. The van der Waals surface area contributed by atoms with E-state index < -0.39 is 0 Å². The molecule has 5 nitrogen and oxygen atoms in total. The average molecular weight is 441 g/mol. The van der Waals surface area contributed by atoms with Crippen molar-refractivity contribution in [2.45, 2.75) is 25.9 Å². The SMILES string of the molecule is Cc1ccccc1N=c1oc2ccc(Br)cc2cc1C(=O)NC[C@@H]1CCCO1. The Hall–Kier alpha value is -2.44. The summed E-state index contributed by atoms with van der Waals surface area (Å²) in [6.07, 6.45) is 2.08. The fraction of sp³-hybridized carbons (Fsp3) is 0.273. The zero-order valence-electron chi connectivity index (χ0n) is 15.6. The largest absolute Gasteiger partial charge is 0.438 e. The highest BCUT2D eigenvalue weighted by atomic mass is 79.9. The molecule has 2 aromatic carbocycles. The Balaban J connectivity index is 1.77. The lowest BCUT2D eigenvalue weighted by atomic mass is 10.1. The third kappa shape index (κ3) is 4.18. The van der Waals surface area contributed by atoms with Crippen molar-refractivity contribution in [1.82, 2.24) is 5.32 Å². The van der Waals surface area contributed by atoms with Crippen LogP contribution in [0.2, 0.25) is 0 Å². The van der Waals surface area contributed by atoms with Crippen molar-refractivity contribution in [3.8, 4) is 0 Å². The van der Waals surface area contributed by atoms with Crippen LogP contribution in [0.5, 0.6) is 0 Å². The van der Waals surface area contributed by atoms with Gasteiger partial charge in [0.1, 0.15) is 11.1 Å². The number of para-hydroxylation sites is 1. The van der Waals surface area contributed by atoms with Crippen LogP contribution in [0.25, 0.3) is 11.0 Å². The van der Waals surface area contributed by atoms with Gasteiger partial charge in [-0.05, 0) is 55.7 Å². The number of halogens is 1.